The Hall–Kier alpha value is 0.190. The summed E-state index contributed by atoms with van der Waals surface area (Å²) in [7, 11) is 1.92. The fraction of sp³-hybridized carbons (Fsp3) is 0.250. The average Bonchev–Trinajstić information content (AvgIpc) is 2.06. The number of rotatable bonds is 3. The molecular weight excluding hydrogens is 212 g/mol. The predicted molar refractivity (Wildman–Crippen MR) is 56.5 cm³/mol. The zero-order valence-electron chi connectivity index (χ0n) is 6.74. The van der Waals surface area contributed by atoms with Crippen molar-refractivity contribution in [3.8, 4) is 0 Å². The van der Waals surface area contributed by atoms with Crippen LogP contribution in [0.5, 0.6) is 0 Å². The van der Waals surface area contributed by atoms with Crippen molar-refractivity contribution in [1.82, 2.24) is 4.67 Å². The van der Waals surface area contributed by atoms with Crippen LogP contribution in [0.15, 0.2) is 30.3 Å². The smallest absolute Gasteiger partial charge is 0.159 e. The maximum atomic E-state index is 5.73. The zero-order chi connectivity index (χ0) is 8.97. The molecule has 0 atom stereocenters. The van der Waals surface area contributed by atoms with E-state index >= 15 is 0 Å². The highest BCUT2D eigenvalue weighted by Gasteiger charge is 2.07. The number of halogens is 2. The molecule has 0 bridgehead atoms. The van der Waals surface area contributed by atoms with Crippen LogP contribution in [0.3, 0.4) is 0 Å². The molecule has 0 radical (unpaired) electrons. The van der Waals surface area contributed by atoms with Gasteiger partial charge in [-0.3, -0.25) is 4.67 Å². The highest BCUT2D eigenvalue weighted by molar-refractivity contribution is 8.02. The van der Waals surface area contributed by atoms with E-state index < -0.39 is 6.78 Å². The first-order valence-electron chi connectivity index (χ1n) is 3.57. The minimum Gasteiger partial charge on any atom is -0.256 e. The topological polar surface area (TPSA) is 3.24 Å². The van der Waals surface area contributed by atoms with E-state index in [1.807, 2.05) is 29.9 Å². The van der Waals surface area contributed by atoms with Crippen LogP contribution >= 0.6 is 29.3 Å². The molecule has 0 aromatic heterocycles. The Kier molecular flexibility index (Phi) is 4.31. The van der Waals surface area contributed by atoms with Gasteiger partial charge in [0.05, 0.1) is 0 Å². The van der Waals surface area contributed by atoms with E-state index in [9.17, 15) is 0 Å². The van der Waals surface area contributed by atoms with Gasteiger partial charge in [-0.1, -0.05) is 52.8 Å². The Balaban J connectivity index is 2.53. The molecule has 1 rings (SSSR count). The van der Waals surface area contributed by atoms with Crippen molar-refractivity contribution in [2.45, 2.75) is 6.54 Å². The molecule has 0 N–H and O–H groups in total. The van der Waals surface area contributed by atoms with Crippen LogP contribution in [0, 0.1) is 0 Å². The van der Waals surface area contributed by atoms with Crippen LogP contribution in [-0.4, -0.2) is 11.7 Å². The number of nitrogens with zero attached hydrogens (tertiary/aromatic N) is 1. The normalized spacial score (nSPS) is 11.1. The third kappa shape index (κ3) is 3.28. The molecule has 1 nitrogen and oxygen atoms in total. The zero-order valence-corrected chi connectivity index (χ0v) is 9.15. The fourth-order valence-electron chi connectivity index (χ4n) is 0.901. The Morgan fingerprint density at radius 2 is 1.83 bits per heavy atom. The van der Waals surface area contributed by atoms with Crippen LogP contribution < -0.4 is 0 Å². The van der Waals surface area contributed by atoms with Gasteiger partial charge in [0.2, 0.25) is 0 Å². The van der Waals surface area contributed by atoms with E-state index in [0.717, 1.165) is 6.54 Å². The van der Waals surface area contributed by atoms with Crippen LogP contribution in [-0.2, 0) is 6.54 Å². The number of hydrogen-bond acceptors (Lipinski definition) is 1. The second-order valence-electron chi connectivity index (χ2n) is 2.52. The van der Waals surface area contributed by atoms with Gasteiger partial charge in [-0.15, -0.1) is 0 Å². The summed E-state index contributed by atoms with van der Waals surface area (Å²) in [6, 6.07) is 10.1. The maximum absolute atomic E-state index is 5.73. The third-order valence-corrected chi connectivity index (χ3v) is 3.72. The molecule has 0 amide bonds. The highest BCUT2D eigenvalue weighted by Crippen LogP contribution is 2.49. The minimum absolute atomic E-state index is 0.805. The molecule has 4 heteroatoms. The van der Waals surface area contributed by atoms with Crippen molar-refractivity contribution < 1.29 is 0 Å². The summed E-state index contributed by atoms with van der Waals surface area (Å²) < 4.78 is 1.92. The molecule has 0 unspecified atom stereocenters. The van der Waals surface area contributed by atoms with Crippen molar-refractivity contribution in [3.63, 3.8) is 0 Å². The average molecular weight is 222 g/mol. The van der Waals surface area contributed by atoms with E-state index in [1.54, 1.807) is 0 Å². The van der Waals surface area contributed by atoms with E-state index in [0.29, 0.717) is 0 Å². The second kappa shape index (κ2) is 5.04. The first-order valence-corrected chi connectivity index (χ1v) is 6.67. The summed E-state index contributed by atoms with van der Waals surface area (Å²) in [5.41, 5.74) is 1.23. The molecule has 1 aromatic carbocycles. The van der Waals surface area contributed by atoms with Gasteiger partial charge in [-0.25, -0.2) is 0 Å². The fourth-order valence-corrected chi connectivity index (χ4v) is 1.49. The maximum Gasteiger partial charge on any atom is 0.159 e. The van der Waals surface area contributed by atoms with Gasteiger partial charge < -0.3 is 0 Å². The van der Waals surface area contributed by atoms with Crippen molar-refractivity contribution in [1.29, 1.82) is 0 Å². The van der Waals surface area contributed by atoms with Gasteiger partial charge in [0.1, 0.15) is 0 Å². The summed E-state index contributed by atoms with van der Waals surface area (Å²) in [5.74, 6) is 0. The van der Waals surface area contributed by atoms with Gasteiger partial charge in [-0.05, 0) is 12.6 Å². The minimum atomic E-state index is -1.01. The molecule has 66 valence electrons. The first kappa shape index (κ1) is 10.3. The molecule has 12 heavy (non-hydrogen) atoms. The lowest BCUT2D eigenvalue weighted by molar-refractivity contribution is 0.558. The summed E-state index contributed by atoms with van der Waals surface area (Å²) >= 11 is 11.5. The highest BCUT2D eigenvalue weighted by atomic mass is 35.9. The van der Waals surface area contributed by atoms with Crippen molar-refractivity contribution in [3.05, 3.63) is 35.9 Å². The Labute approximate surface area is 83.7 Å². The Morgan fingerprint density at radius 3 is 2.33 bits per heavy atom. The molecular formula is C8H10Cl2NP. The summed E-state index contributed by atoms with van der Waals surface area (Å²) in [6.45, 7) is -0.202. The van der Waals surface area contributed by atoms with E-state index in [4.69, 9.17) is 22.5 Å². The molecule has 0 fully saturated rings. The van der Waals surface area contributed by atoms with E-state index in [-0.39, 0.29) is 0 Å². The second-order valence-corrected chi connectivity index (χ2v) is 6.07. The summed E-state index contributed by atoms with van der Waals surface area (Å²) in [6.07, 6.45) is 0. The van der Waals surface area contributed by atoms with E-state index in [2.05, 4.69) is 12.1 Å². The predicted octanol–water partition coefficient (Wildman–Crippen LogP) is 3.82. The van der Waals surface area contributed by atoms with E-state index in [1.165, 1.54) is 5.56 Å². The Morgan fingerprint density at radius 1 is 1.25 bits per heavy atom. The van der Waals surface area contributed by atoms with Gasteiger partial charge >= 0.3 is 0 Å². The Bertz CT molecular complexity index is 228. The quantitative estimate of drug-likeness (QED) is 0.702. The third-order valence-electron chi connectivity index (χ3n) is 1.51. The van der Waals surface area contributed by atoms with Crippen molar-refractivity contribution in [2.24, 2.45) is 0 Å². The van der Waals surface area contributed by atoms with Crippen LogP contribution in [0.2, 0.25) is 0 Å². The van der Waals surface area contributed by atoms with Gasteiger partial charge in [0, 0.05) is 6.54 Å². The SMILES string of the molecule is CN(Cc1ccccc1)P(Cl)Cl. The molecule has 0 heterocycles. The molecule has 1 aromatic rings. The number of benzene rings is 1. The lowest BCUT2D eigenvalue weighted by atomic mass is 10.2. The van der Waals surface area contributed by atoms with Crippen LogP contribution in [0.25, 0.3) is 0 Å². The summed E-state index contributed by atoms with van der Waals surface area (Å²) in [5, 5.41) is 0. The van der Waals surface area contributed by atoms with Gasteiger partial charge in [0.15, 0.2) is 6.78 Å². The molecule has 0 spiro atoms. The molecule has 0 saturated heterocycles. The summed E-state index contributed by atoms with van der Waals surface area (Å²) in [4.78, 5) is 0. The molecule has 0 aliphatic carbocycles. The van der Waals surface area contributed by atoms with Gasteiger partial charge in [0.25, 0.3) is 0 Å². The molecule has 0 aliphatic rings. The standard InChI is InChI=1S/C8H10Cl2NP/c1-11(12(9)10)7-8-5-3-2-4-6-8/h2-6H,7H2,1H3. The number of hydrogen-bond donors (Lipinski definition) is 0. The molecule has 0 aliphatic heterocycles. The lowest BCUT2D eigenvalue weighted by Gasteiger charge is -2.16. The molecule has 0 saturated carbocycles. The monoisotopic (exact) mass is 221 g/mol. The first-order chi connectivity index (χ1) is 5.70. The van der Waals surface area contributed by atoms with Crippen molar-refractivity contribution >= 4 is 29.3 Å². The van der Waals surface area contributed by atoms with Crippen molar-refractivity contribution in [2.75, 3.05) is 7.05 Å². The van der Waals surface area contributed by atoms with Crippen LogP contribution in [0.1, 0.15) is 5.56 Å². The lowest BCUT2D eigenvalue weighted by Crippen LogP contribution is -2.06. The largest absolute Gasteiger partial charge is 0.256 e. The van der Waals surface area contributed by atoms with Gasteiger partial charge in [-0.2, -0.15) is 0 Å². The van der Waals surface area contributed by atoms with Crippen LogP contribution in [0.4, 0.5) is 0 Å².